The highest BCUT2D eigenvalue weighted by atomic mass is 35.5. The van der Waals surface area contributed by atoms with Crippen molar-refractivity contribution in [2.75, 3.05) is 4.90 Å². The number of aromatic nitrogens is 1. The van der Waals surface area contributed by atoms with Crippen LogP contribution in [0.5, 0.6) is 0 Å². The molecule has 56 heavy (non-hydrogen) atoms. The second-order valence-corrected chi connectivity index (χ2v) is 15.9. The van der Waals surface area contributed by atoms with E-state index in [1.165, 1.54) is 65.6 Å². The molecule has 11 rings (SSSR count). The number of rotatable bonds is 5. The molecule has 0 spiro atoms. The van der Waals surface area contributed by atoms with Gasteiger partial charge in [0.1, 0.15) is 0 Å². The Bertz CT molecular complexity index is 3180. The number of fused-ring (bicyclic) bond motifs is 10. The lowest BCUT2D eigenvalue weighted by Gasteiger charge is -2.28. The Morgan fingerprint density at radius 3 is 1.96 bits per heavy atom. The van der Waals surface area contributed by atoms with Gasteiger partial charge < -0.3 is 9.47 Å². The highest BCUT2D eigenvalue weighted by Gasteiger charge is 2.35. The fourth-order valence-corrected chi connectivity index (χ4v) is 9.67. The molecule has 3 heteroatoms. The average molecular weight is 737 g/mol. The summed E-state index contributed by atoms with van der Waals surface area (Å²) in [7, 11) is 0. The maximum atomic E-state index is 7.21. The largest absolute Gasteiger partial charge is 0.310 e. The van der Waals surface area contributed by atoms with E-state index >= 15 is 0 Å². The first-order valence-electron chi connectivity index (χ1n) is 19.3. The number of halogens is 1. The minimum atomic E-state index is -0.124. The minimum absolute atomic E-state index is 0.124. The fourth-order valence-electron chi connectivity index (χ4n) is 9.44. The molecule has 0 radical (unpaired) electrons. The van der Waals surface area contributed by atoms with Crippen molar-refractivity contribution in [3.63, 3.8) is 0 Å². The van der Waals surface area contributed by atoms with Gasteiger partial charge in [-0.3, -0.25) is 0 Å². The molecule has 1 aromatic heterocycles. The van der Waals surface area contributed by atoms with Crippen LogP contribution in [0, 0.1) is 0 Å². The molecule has 0 atom stereocenters. The lowest BCUT2D eigenvalue weighted by Crippen LogP contribution is -2.16. The van der Waals surface area contributed by atoms with Crippen LogP contribution in [0.15, 0.2) is 188 Å². The molecule has 0 fully saturated rings. The topological polar surface area (TPSA) is 8.17 Å². The molecular weight excluding hydrogens is 700 g/mol. The molecule has 0 amide bonds. The summed E-state index contributed by atoms with van der Waals surface area (Å²) >= 11 is 7.21. The maximum Gasteiger partial charge on any atom is 0.0620 e. The number of para-hydroxylation sites is 2. The van der Waals surface area contributed by atoms with Gasteiger partial charge in [-0.1, -0.05) is 147 Å². The lowest BCUT2D eigenvalue weighted by atomic mass is 9.82. The molecule has 0 aliphatic heterocycles. The van der Waals surface area contributed by atoms with E-state index in [-0.39, 0.29) is 5.41 Å². The predicted octanol–water partition coefficient (Wildman–Crippen LogP) is 15.2. The van der Waals surface area contributed by atoms with Gasteiger partial charge >= 0.3 is 0 Å². The molecule has 1 aliphatic carbocycles. The fraction of sp³-hybridized carbons (Fsp3) is 0.0566. The zero-order valence-electron chi connectivity index (χ0n) is 31.2. The van der Waals surface area contributed by atoms with Crippen LogP contribution in [0.3, 0.4) is 0 Å². The van der Waals surface area contributed by atoms with Crippen LogP contribution in [0.1, 0.15) is 25.0 Å². The zero-order valence-corrected chi connectivity index (χ0v) is 31.9. The van der Waals surface area contributed by atoms with Crippen LogP contribution in [-0.4, -0.2) is 4.57 Å². The van der Waals surface area contributed by atoms with Gasteiger partial charge in [-0.25, -0.2) is 0 Å². The number of hydrogen-bond donors (Lipinski definition) is 0. The Balaban J connectivity index is 1.17. The third-order valence-electron chi connectivity index (χ3n) is 12.0. The summed E-state index contributed by atoms with van der Waals surface area (Å²) in [6.45, 7) is 4.68. The van der Waals surface area contributed by atoms with Crippen LogP contribution >= 0.6 is 11.6 Å². The molecular formula is C53H37ClN2. The van der Waals surface area contributed by atoms with Crippen molar-refractivity contribution in [3.05, 3.63) is 204 Å². The summed E-state index contributed by atoms with van der Waals surface area (Å²) in [5.41, 5.74) is 14.1. The number of hydrogen-bond acceptors (Lipinski definition) is 1. The standard InChI is InChI=1S/C53H37ClN2/c1-53(2)48-24-14-13-22-43(48)44-27-26-39(32-49(44)53)55(37-16-5-3-6-17-37)40-30-35(29-36(54)31-40)46-33-47-51-41-20-10-9-15-34(41)25-28-50(51)56(38-18-7-4-8-19-38)52(47)45-23-12-11-21-42(45)46/h3-33H,1-2H3. The first-order valence-corrected chi connectivity index (χ1v) is 19.7. The Kier molecular flexibility index (Phi) is 7.30. The molecule has 1 aliphatic rings. The molecule has 266 valence electrons. The van der Waals surface area contributed by atoms with E-state index < -0.39 is 0 Å². The predicted molar refractivity (Wildman–Crippen MR) is 238 cm³/mol. The monoisotopic (exact) mass is 736 g/mol. The molecule has 0 N–H and O–H groups in total. The third-order valence-corrected chi connectivity index (χ3v) is 12.2. The van der Waals surface area contributed by atoms with Gasteiger partial charge in [-0.2, -0.15) is 0 Å². The lowest BCUT2D eigenvalue weighted by molar-refractivity contribution is 0.660. The summed E-state index contributed by atoms with van der Waals surface area (Å²) in [4.78, 5) is 2.35. The van der Waals surface area contributed by atoms with Crippen molar-refractivity contribution in [3.8, 4) is 27.9 Å². The van der Waals surface area contributed by atoms with Crippen molar-refractivity contribution in [2.45, 2.75) is 19.3 Å². The average Bonchev–Trinajstić information content (AvgIpc) is 3.70. The maximum absolute atomic E-state index is 7.21. The Morgan fingerprint density at radius 1 is 0.464 bits per heavy atom. The first-order chi connectivity index (χ1) is 27.5. The highest BCUT2D eigenvalue weighted by Crippen LogP contribution is 2.51. The van der Waals surface area contributed by atoms with Crippen LogP contribution < -0.4 is 4.90 Å². The van der Waals surface area contributed by atoms with E-state index in [4.69, 9.17) is 11.6 Å². The molecule has 0 saturated carbocycles. The SMILES string of the molecule is CC1(C)c2ccccc2-c2ccc(N(c3ccccc3)c3cc(Cl)cc(-c4cc5c6c7ccccc7ccc6n(-c6ccccc6)c5c5ccccc45)c3)cc21. The van der Waals surface area contributed by atoms with E-state index in [9.17, 15) is 0 Å². The third kappa shape index (κ3) is 4.89. The van der Waals surface area contributed by atoms with Gasteiger partial charge in [0, 0.05) is 49.3 Å². The minimum Gasteiger partial charge on any atom is -0.310 e. The second-order valence-electron chi connectivity index (χ2n) is 15.5. The number of anilines is 3. The van der Waals surface area contributed by atoms with Crippen LogP contribution in [-0.2, 0) is 5.41 Å². The summed E-state index contributed by atoms with van der Waals surface area (Å²) in [6, 6.07) is 68.2. The van der Waals surface area contributed by atoms with Gasteiger partial charge in [0.25, 0.3) is 0 Å². The first kappa shape index (κ1) is 32.8. The van der Waals surface area contributed by atoms with Crippen molar-refractivity contribution in [2.24, 2.45) is 0 Å². The molecule has 2 nitrogen and oxygen atoms in total. The van der Waals surface area contributed by atoms with Gasteiger partial charge in [-0.15, -0.1) is 0 Å². The summed E-state index contributed by atoms with van der Waals surface area (Å²) in [5, 5.41) is 8.01. The van der Waals surface area contributed by atoms with Crippen molar-refractivity contribution >= 4 is 72.0 Å². The van der Waals surface area contributed by atoms with E-state index in [2.05, 4.69) is 211 Å². The molecule has 0 saturated heterocycles. The number of nitrogens with zero attached hydrogens (tertiary/aromatic N) is 2. The van der Waals surface area contributed by atoms with Crippen LogP contribution in [0.2, 0.25) is 5.02 Å². The Labute approximate surface area is 331 Å². The smallest absolute Gasteiger partial charge is 0.0620 e. The Hall–Kier alpha value is -6.61. The van der Waals surface area contributed by atoms with E-state index in [0.29, 0.717) is 5.02 Å². The molecule has 0 unspecified atom stereocenters. The van der Waals surface area contributed by atoms with Gasteiger partial charge in [0.15, 0.2) is 0 Å². The van der Waals surface area contributed by atoms with Crippen molar-refractivity contribution in [1.82, 2.24) is 4.57 Å². The molecule has 9 aromatic carbocycles. The van der Waals surface area contributed by atoms with Gasteiger partial charge in [-0.05, 0) is 116 Å². The highest BCUT2D eigenvalue weighted by molar-refractivity contribution is 6.32. The van der Waals surface area contributed by atoms with E-state index in [1.54, 1.807) is 0 Å². The summed E-state index contributed by atoms with van der Waals surface area (Å²) in [5.74, 6) is 0. The van der Waals surface area contributed by atoms with Gasteiger partial charge in [0.2, 0.25) is 0 Å². The molecule has 1 heterocycles. The van der Waals surface area contributed by atoms with Gasteiger partial charge in [0.05, 0.1) is 11.0 Å². The normalized spacial score (nSPS) is 13.1. The van der Waals surface area contributed by atoms with Crippen molar-refractivity contribution in [1.29, 1.82) is 0 Å². The number of benzene rings is 9. The quantitative estimate of drug-likeness (QED) is 0.171. The Morgan fingerprint density at radius 2 is 1.14 bits per heavy atom. The molecule has 0 bridgehead atoms. The van der Waals surface area contributed by atoms with E-state index in [1.807, 2.05) is 0 Å². The summed E-state index contributed by atoms with van der Waals surface area (Å²) in [6.07, 6.45) is 0. The zero-order chi connectivity index (χ0) is 37.5. The van der Waals surface area contributed by atoms with Crippen molar-refractivity contribution < 1.29 is 0 Å². The summed E-state index contributed by atoms with van der Waals surface area (Å²) < 4.78 is 2.44. The second kappa shape index (κ2) is 12.5. The van der Waals surface area contributed by atoms with E-state index in [0.717, 1.165) is 33.9 Å². The van der Waals surface area contributed by atoms with Crippen LogP contribution in [0.4, 0.5) is 17.1 Å². The molecule has 10 aromatic rings. The van der Waals surface area contributed by atoms with Crippen LogP contribution in [0.25, 0.3) is 71.3 Å².